The van der Waals surface area contributed by atoms with Gasteiger partial charge in [0.25, 0.3) is 0 Å². The summed E-state index contributed by atoms with van der Waals surface area (Å²) in [5.41, 5.74) is 8.29. The number of rotatable bonds is 4. The van der Waals surface area contributed by atoms with Crippen molar-refractivity contribution in [3.8, 4) is 0 Å². The van der Waals surface area contributed by atoms with Crippen LogP contribution in [0.3, 0.4) is 0 Å². The molecule has 0 spiro atoms. The number of aryl methyl sites for hydroxylation is 1. The van der Waals surface area contributed by atoms with Crippen molar-refractivity contribution in [3.63, 3.8) is 0 Å². The second kappa shape index (κ2) is 4.93. The van der Waals surface area contributed by atoms with Crippen molar-refractivity contribution in [3.05, 3.63) is 53.3 Å². The van der Waals surface area contributed by atoms with Crippen LogP contribution < -0.4 is 5.73 Å². The predicted molar refractivity (Wildman–Crippen MR) is 65.6 cm³/mol. The van der Waals surface area contributed by atoms with Gasteiger partial charge in [0.2, 0.25) is 0 Å². The van der Waals surface area contributed by atoms with E-state index in [0.29, 0.717) is 18.5 Å². The van der Waals surface area contributed by atoms with Crippen molar-refractivity contribution in [2.75, 3.05) is 0 Å². The Morgan fingerprint density at radius 1 is 1.35 bits per heavy atom. The van der Waals surface area contributed by atoms with Crippen molar-refractivity contribution in [2.24, 2.45) is 12.8 Å². The second-order valence-electron chi connectivity index (χ2n) is 3.98. The van der Waals surface area contributed by atoms with Crippen molar-refractivity contribution in [2.45, 2.75) is 13.0 Å². The smallest absolute Gasteiger partial charge is 0.170 e. The largest absolute Gasteiger partial charge is 0.326 e. The topological polar surface area (TPSA) is 60.9 Å². The molecule has 4 heteroatoms. The van der Waals surface area contributed by atoms with E-state index in [-0.39, 0.29) is 5.78 Å². The average molecular weight is 229 g/mol. The number of ketones is 1. The number of aromatic nitrogens is 2. The minimum Gasteiger partial charge on any atom is -0.326 e. The molecule has 88 valence electrons. The maximum atomic E-state index is 12.0. The molecule has 0 bridgehead atoms. The lowest BCUT2D eigenvalue weighted by atomic mass is 10.0. The lowest BCUT2D eigenvalue weighted by Gasteiger charge is -2.05. The maximum Gasteiger partial charge on any atom is 0.170 e. The normalized spacial score (nSPS) is 10.5. The van der Waals surface area contributed by atoms with E-state index >= 15 is 0 Å². The van der Waals surface area contributed by atoms with E-state index in [9.17, 15) is 4.79 Å². The highest BCUT2D eigenvalue weighted by molar-refractivity contribution is 5.97. The fourth-order valence-corrected chi connectivity index (χ4v) is 1.77. The number of carbonyl (C=O) groups is 1. The molecule has 0 saturated carbocycles. The minimum atomic E-state index is 0.0685. The Kier molecular flexibility index (Phi) is 3.35. The Morgan fingerprint density at radius 2 is 2.06 bits per heavy atom. The van der Waals surface area contributed by atoms with E-state index in [2.05, 4.69) is 5.10 Å². The van der Waals surface area contributed by atoms with Crippen LogP contribution in [0.25, 0.3) is 0 Å². The van der Waals surface area contributed by atoms with E-state index in [4.69, 9.17) is 5.73 Å². The van der Waals surface area contributed by atoms with Crippen molar-refractivity contribution in [1.82, 2.24) is 9.78 Å². The van der Waals surface area contributed by atoms with Crippen molar-refractivity contribution in [1.29, 1.82) is 0 Å². The van der Waals surface area contributed by atoms with E-state index in [1.165, 1.54) is 0 Å². The van der Waals surface area contributed by atoms with Crippen LogP contribution in [0.15, 0.2) is 36.7 Å². The van der Waals surface area contributed by atoms with E-state index in [0.717, 1.165) is 11.1 Å². The number of nitrogens with two attached hydrogens (primary N) is 1. The number of benzene rings is 1. The zero-order chi connectivity index (χ0) is 12.3. The molecule has 0 aliphatic rings. The third-order valence-corrected chi connectivity index (χ3v) is 2.72. The lowest BCUT2D eigenvalue weighted by molar-refractivity contribution is 0.0992. The van der Waals surface area contributed by atoms with Crippen molar-refractivity contribution >= 4 is 5.78 Å². The highest BCUT2D eigenvalue weighted by Crippen LogP contribution is 2.11. The van der Waals surface area contributed by atoms with Crippen LogP contribution in [0, 0.1) is 0 Å². The fraction of sp³-hybridized carbons (Fsp3) is 0.231. The molecule has 0 saturated heterocycles. The number of hydrogen-bond acceptors (Lipinski definition) is 3. The third-order valence-electron chi connectivity index (χ3n) is 2.72. The number of carbonyl (C=O) groups excluding carboxylic acids is 1. The van der Waals surface area contributed by atoms with Crippen molar-refractivity contribution < 1.29 is 4.79 Å². The fourth-order valence-electron chi connectivity index (χ4n) is 1.77. The van der Waals surface area contributed by atoms with Gasteiger partial charge in [-0.2, -0.15) is 5.10 Å². The molecule has 2 rings (SSSR count). The SMILES string of the molecule is Cn1cc(C(=O)Cc2ccccc2CN)cn1. The van der Waals surface area contributed by atoms with Gasteiger partial charge in [0.05, 0.1) is 11.8 Å². The summed E-state index contributed by atoms with van der Waals surface area (Å²) >= 11 is 0. The van der Waals surface area contributed by atoms with E-state index in [1.807, 2.05) is 24.3 Å². The highest BCUT2D eigenvalue weighted by Gasteiger charge is 2.10. The minimum absolute atomic E-state index is 0.0685. The molecule has 0 aliphatic heterocycles. The lowest BCUT2D eigenvalue weighted by Crippen LogP contribution is -2.07. The van der Waals surface area contributed by atoms with Crippen LogP contribution in [-0.4, -0.2) is 15.6 Å². The molecule has 0 aliphatic carbocycles. The molecule has 0 amide bonds. The first-order valence-corrected chi connectivity index (χ1v) is 5.49. The molecule has 4 nitrogen and oxygen atoms in total. The summed E-state index contributed by atoms with van der Waals surface area (Å²) < 4.78 is 1.63. The molecule has 17 heavy (non-hydrogen) atoms. The summed E-state index contributed by atoms with van der Waals surface area (Å²) in [4.78, 5) is 12.0. The summed E-state index contributed by atoms with van der Waals surface area (Å²) in [5, 5.41) is 3.99. The molecular formula is C13H15N3O. The van der Waals surface area contributed by atoms with Crippen LogP contribution in [0.2, 0.25) is 0 Å². The van der Waals surface area contributed by atoms with Gasteiger partial charge in [-0.15, -0.1) is 0 Å². The van der Waals surface area contributed by atoms with Gasteiger partial charge >= 0.3 is 0 Å². The molecule has 0 atom stereocenters. The number of Topliss-reactive ketones (excluding diaryl/α,β-unsaturated/α-hetero) is 1. The van der Waals surface area contributed by atoms with Gasteiger partial charge < -0.3 is 5.73 Å². The first kappa shape index (κ1) is 11.5. The molecule has 2 N–H and O–H groups in total. The molecule has 0 radical (unpaired) electrons. The van der Waals surface area contributed by atoms with Crippen LogP contribution in [0.4, 0.5) is 0 Å². The van der Waals surface area contributed by atoms with Gasteiger partial charge in [-0.05, 0) is 11.1 Å². The molecule has 0 fully saturated rings. The second-order valence-corrected chi connectivity index (χ2v) is 3.98. The molecule has 1 aromatic heterocycles. The monoisotopic (exact) mass is 229 g/mol. The number of nitrogens with zero attached hydrogens (tertiary/aromatic N) is 2. The first-order valence-electron chi connectivity index (χ1n) is 5.49. The average Bonchev–Trinajstić information content (AvgIpc) is 2.77. The zero-order valence-corrected chi connectivity index (χ0v) is 9.76. The third kappa shape index (κ3) is 2.60. The quantitative estimate of drug-likeness (QED) is 0.804. The van der Waals surface area contributed by atoms with Gasteiger partial charge in [-0.25, -0.2) is 0 Å². The predicted octanol–water partition coefficient (Wildman–Crippen LogP) is 1.30. The summed E-state index contributed by atoms with van der Waals surface area (Å²) in [6, 6.07) is 7.74. The molecule has 0 unspecified atom stereocenters. The summed E-state index contributed by atoms with van der Waals surface area (Å²) in [5.74, 6) is 0.0685. The molecule has 2 aromatic rings. The van der Waals surface area contributed by atoms with E-state index in [1.54, 1.807) is 24.1 Å². The standard InChI is InChI=1S/C13H15N3O/c1-16-9-12(8-15-16)13(17)6-10-4-2-3-5-11(10)7-14/h2-5,8-9H,6-7,14H2,1H3. The molecule has 1 heterocycles. The summed E-state index contributed by atoms with van der Waals surface area (Å²) in [6.07, 6.45) is 3.69. The Bertz CT molecular complexity index is 531. The Hall–Kier alpha value is -1.94. The van der Waals surface area contributed by atoms with Gasteiger partial charge in [-0.1, -0.05) is 24.3 Å². The number of hydrogen-bond donors (Lipinski definition) is 1. The maximum absolute atomic E-state index is 12.0. The zero-order valence-electron chi connectivity index (χ0n) is 9.76. The molecule has 1 aromatic carbocycles. The van der Waals surface area contributed by atoms with Crippen LogP contribution in [0.1, 0.15) is 21.5 Å². The Morgan fingerprint density at radius 3 is 2.65 bits per heavy atom. The Balaban J connectivity index is 2.18. The summed E-state index contributed by atoms with van der Waals surface area (Å²) in [7, 11) is 1.80. The first-order chi connectivity index (χ1) is 8.20. The summed E-state index contributed by atoms with van der Waals surface area (Å²) in [6.45, 7) is 0.455. The van der Waals surface area contributed by atoms with E-state index < -0.39 is 0 Å². The molecular weight excluding hydrogens is 214 g/mol. The van der Waals surface area contributed by atoms with Gasteiger partial charge in [0, 0.05) is 26.2 Å². The van der Waals surface area contributed by atoms with Crippen LogP contribution >= 0.6 is 0 Å². The van der Waals surface area contributed by atoms with Gasteiger partial charge in [0.1, 0.15) is 0 Å². The van der Waals surface area contributed by atoms with Crippen LogP contribution in [-0.2, 0) is 20.0 Å². The van der Waals surface area contributed by atoms with Gasteiger partial charge in [-0.3, -0.25) is 9.48 Å². The van der Waals surface area contributed by atoms with Gasteiger partial charge in [0.15, 0.2) is 5.78 Å². The van der Waals surface area contributed by atoms with Crippen LogP contribution in [0.5, 0.6) is 0 Å². The Labute approximate surface area is 100 Å². The highest BCUT2D eigenvalue weighted by atomic mass is 16.1.